The summed E-state index contributed by atoms with van der Waals surface area (Å²) in [7, 11) is 4.59. The normalized spacial score (nSPS) is 21.7. The van der Waals surface area contributed by atoms with Gasteiger partial charge in [-0.05, 0) is 56.0 Å². The van der Waals surface area contributed by atoms with Crippen LogP contribution in [0.2, 0.25) is 0 Å². The van der Waals surface area contributed by atoms with E-state index in [4.69, 9.17) is 14.2 Å². The molecule has 2 amide bonds. The molecule has 0 aromatic heterocycles. The summed E-state index contributed by atoms with van der Waals surface area (Å²) in [4.78, 5) is 28.2. The van der Waals surface area contributed by atoms with Crippen LogP contribution in [-0.2, 0) is 4.79 Å². The van der Waals surface area contributed by atoms with Gasteiger partial charge in [-0.15, -0.1) is 0 Å². The van der Waals surface area contributed by atoms with E-state index < -0.39 is 0 Å². The van der Waals surface area contributed by atoms with Crippen molar-refractivity contribution in [1.82, 2.24) is 10.2 Å². The van der Waals surface area contributed by atoms with E-state index >= 15 is 0 Å². The standard InChI is InChI=1S/C26H32BrN3O5/c1-33-22-10-16(11-23(34-2)25(22)35-3)26(32)29-19-13-20-8-5-9-21(14-19)30(20)15-24(31)28-18-7-4-6-17(27)12-18/h4,6-7,10-12,19-21H,5,8-9,13-15H2,1-3H3,(H,28,31)(H,29,32)/t19?,20-,21+. The van der Waals surface area contributed by atoms with Crippen LogP contribution >= 0.6 is 15.9 Å². The van der Waals surface area contributed by atoms with Crippen LogP contribution in [0.25, 0.3) is 0 Å². The lowest BCUT2D eigenvalue weighted by Crippen LogP contribution is -2.58. The van der Waals surface area contributed by atoms with Crippen molar-refractivity contribution in [3.05, 3.63) is 46.4 Å². The topological polar surface area (TPSA) is 89.1 Å². The minimum Gasteiger partial charge on any atom is -0.493 e. The Bertz CT molecular complexity index is 1040. The van der Waals surface area contributed by atoms with Gasteiger partial charge in [-0.3, -0.25) is 14.5 Å². The molecule has 0 radical (unpaired) electrons. The number of anilines is 1. The van der Waals surface area contributed by atoms with Crippen molar-refractivity contribution < 1.29 is 23.8 Å². The smallest absolute Gasteiger partial charge is 0.251 e. The maximum Gasteiger partial charge on any atom is 0.251 e. The van der Waals surface area contributed by atoms with E-state index in [9.17, 15) is 9.59 Å². The summed E-state index contributed by atoms with van der Waals surface area (Å²) in [6.45, 7) is 0.357. The quantitative estimate of drug-likeness (QED) is 0.516. The van der Waals surface area contributed by atoms with E-state index in [0.717, 1.165) is 42.3 Å². The van der Waals surface area contributed by atoms with Crippen LogP contribution in [0.5, 0.6) is 17.2 Å². The summed E-state index contributed by atoms with van der Waals surface area (Å²) in [6.07, 6.45) is 4.83. The highest BCUT2D eigenvalue weighted by molar-refractivity contribution is 9.10. The molecule has 2 saturated heterocycles. The molecule has 2 aromatic rings. The predicted octanol–water partition coefficient (Wildman–Crippen LogP) is 4.23. The molecule has 0 spiro atoms. The zero-order valence-corrected chi connectivity index (χ0v) is 21.9. The van der Waals surface area contributed by atoms with E-state index in [-0.39, 0.29) is 29.9 Å². The fourth-order valence-electron chi connectivity index (χ4n) is 5.27. The fourth-order valence-corrected chi connectivity index (χ4v) is 5.67. The van der Waals surface area contributed by atoms with E-state index in [1.54, 1.807) is 12.1 Å². The van der Waals surface area contributed by atoms with Crippen LogP contribution in [0.3, 0.4) is 0 Å². The molecule has 9 heteroatoms. The van der Waals surface area contributed by atoms with Gasteiger partial charge in [0.25, 0.3) is 5.91 Å². The Morgan fingerprint density at radius 3 is 2.23 bits per heavy atom. The zero-order valence-electron chi connectivity index (χ0n) is 20.3. The lowest BCUT2D eigenvalue weighted by atomic mass is 9.81. The number of halogens is 1. The Hall–Kier alpha value is -2.78. The van der Waals surface area contributed by atoms with Gasteiger partial charge in [-0.1, -0.05) is 28.4 Å². The van der Waals surface area contributed by atoms with Crippen molar-refractivity contribution in [2.45, 2.75) is 50.2 Å². The van der Waals surface area contributed by atoms with Crippen LogP contribution in [0.1, 0.15) is 42.5 Å². The lowest BCUT2D eigenvalue weighted by molar-refractivity contribution is -0.120. The van der Waals surface area contributed by atoms with Gasteiger partial charge in [-0.25, -0.2) is 0 Å². The molecule has 2 aromatic carbocycles. The van der Waals surface area contributed by atoms with Gasteiger partial charge < -0.3 is 24.8 Å². The molecule has 4 rings (SSSR count). The van der Waals surface area contributed by atoms with Crippen molar-refractivity contribution in [3.63, 3.8) is 0 Å². The van der Waals surface area contributed by atoms with Gasteiger partial charge in [0.05, 0.1) is 27.9 Å². The zero-order chi connectivity index (χ0) is 24.9. The second kappa shape index (κ2) is 11.3. The van der Waals surface area contributed by atoms with E-state index in [1.165, 1.54) is 21.3 Å². The number of methoxy groups -OCH3 is 3. The highest BCUT2D eigenvalue weighted by atomic mass is 79.9. The van der Waals surface area contributed by atoms with Crippen molar-refractivity contribution in [2.24, 2.45) is 0 Å². The molecule has 8 nitrogen and oxygen atoms in total. The molecule has 2 heterocycles. The van der Waals surface area contributed by atoms with Crippen molar-refractivity contribution >= 4 is 33.4 Å². The number of nitrogens with zero attached hydrogens (tertiary/aromatic N) is 1. The summed E-state index contributed by atoms with van der Waals surface area (Å²) in [6, 6.07) is 11.5. The summed E-state index contributed by atoms with van der Waals surface area (Å²) < 4.78 is 17.1. The third-order valence-corrected chi connectivity index (χ3v) is 7.32. The average molecular weight is 546 g/mol. The number of carbonyl (C=O) groups is 2. The molecule has 2 aliphatic heterocycles. The molecule has 0 aliphatic carbocycles. The molecule has 1 unspecified atom stereocenters. The second-order valence-corrected chi connectivity index (χ2v) is 9.94. The largest absolute Gasteiger partial charge is 0.493 e. The molecule has 0 saturated carbocycles. The van der Waals surface area contributed by atoms with Crippen LogP contribution in [-0.4, -0.2) is 62.7 Å². The third-order valence-electron chi connectivity index (χ3n) is 6.82. The first-order chi connectivity index (χ1) is 16.9. The second-order valence-electron chi connectivity index (χ2n) is 9.03. The minimum atomic E-state index is -0.173. The first-order valence-corrected chi connectivity index (χ1v) is 12.6. The molecule has 2 fully saturated rings. The van der Waals surface area contributed by atoms with Gasteiger partial charge in [0, 0.05) is 33.8 Å². The van der Waals surface area contributed by atoms with E-state index in [2.05, 4.69) is 31.5 Å². The Morgan fingerprint density at radius 1 is 1.00 bits per heavy atom. The first-order valence-electron chi connectivity index (χ1n) is 11.8. The van der Waals surface area contributed by atoms with Crippen molar-refractivity contribution in [3.8, 4) is 17.2 Å². The minimum absolute atomic E-state index is 0.0140. The highest BCUT2D eigenvalue weighted by Gasteiger charge is 2.39. The Balaban J connectivity index is 1.40. The molecule has 2 bridgehead atoms. The Labute approximate surface area is 214 Å². The maximum absolute atomic E-state index is 13.1. The molecular weight excluding hydrogens is 514 g/mol. The summed E-state index contributed by atoms with van der Waals surface area (Å²) in [5.74, 6) is 1.16. The molecular formula is C26H32BrN3O5. The van der Waals surface area contributed by atoms with Gasteiger partial charge in [-0.2, -0.15) is 0 Å². The van der Waals surface area contributed by atoms with Gasteiger partial charge in [0.1, 0.15) is 0 Å². The first kappa shape index (κ1) is 25.3. The Kier molecular flexibility index (Phi) is 8.18. The molecule has 2 N–H and O–H groups in total. The average Bonchev–Trinajstić information content (AvgIpc) is 2.83. The number of nitrogens with one attached hydrogen (secondary N) is 2. The number of benzene rings is 2. The number of hydrogen-bond acceptors (Lipinski definition) is 6. The molecule has 2 aliphatic rings. The lowest BCUT2D eigenvalue weighted by Gasteiger charge is -2.48. The molecule has 3 atom stereocenters. The number of ether oxygens (including phenoxy) is 3. The predicted molar refractivity (Wildman–Crippen MR) is 137 cm³/mol. The van der Waals surface area contributed by atoms with Crippen molar-refractivity contribution in [1.29, 1.82) is 0 Å². The van der Waals surface area contributed by atoms with Crippen LogP contribution in [0.15, 0.2) is 40.9 Å². The summed E-state index contributed by atoms with van der Waals surface area (Å²) >= 11 is 3.44. The number of hydrogen-bond donors (Lipinski definition) is 2. The number of rotatable bonds is 8. The van der Waals surface area contributed by atoms with Crippen LogP contribution < -0.4 is 24.8 Å². The highest BCUT2D eigenvalue weighted by Crippen LogP contribution is 2.39. The Morgan fingerprint density at radius 2 is 1.66 bits per heavy atom. The third kappa shape index (κ3) is 5.90. The van der Waals surface area contributed by atoms with Crippen molar-refractivity contribution in [2.75, 3.05) is 33.2 Å². The number of piperidine rings is 2. The molecule has 35 heavy (non-hydrogen) atoms. The SMILES string of the molecule is COc1cc(C(=O)NC2C[C@H]3CCC[C@@H](C2)N3CC(=O)Nc2cccc(Br)c2)cc(OC)c1OC. The number of carbonyl (C=O) groups excluding carboxylic acids is 2. The summed E-state index contributed by atoms with van der Waals surface area (Å²) in [5.41, 5.74) is 1.24. The van der Waals surface area contributed by atoms with Gasteiger partial charge in [0.15, 0.2) is 11.5 Å². The van der Waals surface area contributed by atoms with E-state index in [1.807, 2.05) is 24.3 Å². The molecule has 188 valence electrons. The maximum atomic E-state index is 13.1. The summed E-state index contributed by atoms with van der Waals surface area (Å²) in [5, 5.41) is 6.20. The fraction of sp³-hybridized carbons (Fsp3) is 0.462. The number of fused-ring (bicyclic) bond motifs is 2. The van der Waals surface area contributed by atoms with Gasteiger partial charge in [0.2, 0.25) is 11.7 Å². The number of amides is 2. The van der Waals surface area contributed by atoms with Crippen LogP contribution in [0.4, 0.5) is 5.69 Å². The monoisotopic (exact) mass is 545 g/mol. The van der Waals surface area contributed by atoms with Gasteiger partial charge >= 0.3 is 0 Å². The van der Waals surface area contributed by atoms with Crippen LogP contribution in [0, 0.1) is 0 Å². The van der Waals surface area contributed by atoms with E-state index in [0.29, 0.717) is 29.4 Å².